The molecule has 0 fully saturated rings. The maximum atomic E-state index is 5.45. The van der Waals surface area contributed by atoms with Gasteiger partial charge in [0.05, 0.1) is 16.2 Å². The molecule has 0 saturated carbocycles. The van der Waals surface area contributed by atoms with Crippen molar-refractivity contribution in [1.29, 1.82) is 0 Å². The molecule has 17 heavy (non-hydrogen) atoms. The molecule has 0 aliphatic rings. The minimum atomic E-state index is -0.0698. The van der Waals surface area contributed by atoms with Crippen molar-refractivity contribution in [2.75, 3.05) is 14.2 Å². The van der Waals surface area contributed by atoms with Gasteiger partial charge < -0.3 is 10.1 Å². The van der Waals surface area contributed by atoms with Crippen LogP contribution in [0.2, 0.25) is 0 Å². The summed E-state index contributed by atoms with van der Waals surface area (Å²) in [5.41, 5.74) is 1.05. The summed E-state index contributed by atoms with van der Waals surface area (Å²) >= 11 is 1.50. The van der Waals surface area contributed by atoms with Crippen LogP contribution < -0.4 is 5.32 Å². The van der Waals surface area contributed by atoms with Gasteiger partial charge in [-0.05, 0) is 51.7 Å². The molecule has 0 spiro atoms. The average Bonchev–Trinajstić information content (AvgIpc) is 2.78. The SMILES string of the molecule is CCc1nnsc1C(CCC(C)(C)OC)NC. The number of hydrogen-bond acceptors (Lipinski definition) is 5. The van der Waals surface area contributed by atoms with Crippen molar-refractivity contribution >= 4 is 11.5 Å². The Labute approximate surface area is 108 Å². The number of nitrogens with zero attached hydrogens (tertiary/aromatic N) is 2. The van der Waals surface area contributed by atoms with E-state index in [0.717, 1.165) is 25.0 Å². The van der Waals surface area contributed by atoms with Gasteiger partial charge in [-0.15, -0.1) is 5.10 Å². The fraction of sp³-hybridized carbons (Fsp3) is 0.833. The summed E-state index contributed by atoms with van der Waals surface area (Å²) in [5.74, 6) is 0. The van der Waals surface area contributed by atoms with Gasteiger partial charge in [-0.3, -0.25) is 0 Å². The first-order valence-electron chi connectivity index (χ1n) is 6.07. The van der Waals surface area contributed by atoms with E-state index in [1.807, 2.05) is 7.05 Å². The van der Waals surface area contributed by atoms with Crippen molar-refractivity contribution in [3.8, 4) is 0 Å². The Morgan fingerprint density at radius 3 is 2.71 bits per heavy atom. The Hall–Kier alpha value is -0.520. The van der Waals surface area contributed by atoms with E-state index in [4.69, 9.17) is 4.74 Å². The third kappa shape index (κ3) is 4.01. The zero-order chi connectivity index (χ0) is 12.9. The highest BCUT2D eigenvalue weighted by atomic mass is 32.1. The second kappa shape index (κ2) is 6.42. The van der Waals surface area contributed by atoms with Crippen LogP contribution in [0.15, 0.2) is 0 Å². The van der Waals surface area contributed by atoms with Crippen LogP contribution >= 0.6 is 11.5 Å². The minimum Gasteiger partial charge on any atom is -0.379 e. The van der Waals surface area contributed by atoms with Crippen LogP contribution in [-0.4, -0.2) is 29.3 Å². The molecule has 1 aromatic heterocycles. The quantitative estimate of drug-likeness (QED) is 0.815. The molecule has 1 unspecified atom stereocenters. The zero-order valence-corrected chi connectivity index (χ0v) is 12.2. The third-order valence-electron chi connectivity index (χ3n) is 3.17. The summed E-state index contributed by atoms with van der Waals surface area (Å²) in [6, 6.07) is 0.333. The number of nitrogens with one attached hydrogen (secondary N) is 1. The van der Waals surface area contributed by atoms with Crippen molar-refractivity contribution in [3.63, 3.8) is 0 Å². The molecule has 0 amide bonds. The number of hydrogen-bond donors (Lipinski definition) is 1. The van der Waals surface area contributed by atoms with Gasteiger partial charge in [0, 0.05) is 13.2 Å². The summed E-state index contributed by atoms with van der Waals surface area (Å²) in [6.45, 7) is 6.35. The number of rotatable bonds is 7. The summed E-state index contributed by atoms with van der Waals surface area (Å²) in [4.78, 5) is 1.27. The maximum absolute atomic E-state index is 5.45. The van der Waals surface area contributed by atoms with Crippen molar-refractivity contribution in [2.45, 2.75) is 51.7 Å². The Morgan fingerprint density at radius 2 is 2.18 bits per heavy atom. The molecule has 0 saturated heterocycles. The first-order valence-corrected chi connectivity index (χ1v) is 6.85. The number of aromatic nitrogens is 2. The van der Waals surface area contributed by atoms with Crippen molar-refractivity contribution < 1.29 is 4.74 Å². The van der Waals surface area contributed by atoms with E-state index in [0.29, 0.717) is 6.04 Å². The average molecular weight is 257 g/mol. The predicted octanol–water partition coefficient (Wildman–Crippen LogP) is 2.57. The predicted molar refractivity (Wildman–Crippen MR) is 71.4 cm³/mol. The molecule has 0 bridgehead atoms. The number of aryl methyl sites for hydroxylation is 1. The van der Waals surface area contributed by atoms with Gasteiger partial charge in [0.25, 0.3) is 0 Å². The van der Waals surface area contributed by atoms with Crippen LogP contribution in [0.1, 0.15) is 50.2 Å². The van der Waals surface area contributed by atoms with Crippen molar-refractivity contribution in [2.24, 2.45) is 0 Å². The van der Waals surface area contributed by atoms with Gasteiger partial charge in [0.2, 0.25) is 0 Å². The molecule has 1 N–H and O–H groups in total. The monoisotopic (exact) mass is 257 g/mol. The first-order chi connectivity index (χ1) is 8.04. The first kappa shape index (κ1) is 14.5. The lowest BCUT2D eigenvalue weighted by molar-refractivity contribution is 0.0119. The summed E-state index contributed by atoms with van der Waals surface area (Å²) in [5, 5.41) is 7.52. The van der Waals surface area contributed by atoms with Gasteiger partial charge in [-0.2, -0.15) is 0 Å². The largest absolute Gasteiger partial charge is 0.379 e. The third-order valence-corrected chi connectivity index (χ3v) is 4.05. The van der Waals surface area contributed by atoms with E-state index in [1.54, 1.807) is 7.11 Å². The number of methoxy groups -OCH3 is 1. The summed E-state index contributed by atoms with van der Waals surface area (Å²) in [7, 11) is 3.75. The Balaban J connectivity index is 2.66. The van der Waals surface area contributed by atoms with Crippen LogP contribution in [0.4, 0.5) is 0 Å². The fourth-order valence-electron chi connectivity index (χ4n) is 1.73. The van der Waals surface area contributed by atoms with Crippen LogP contribution in [0, 0.1) is 0 Å². The highest BCUT2D eigenvalue weighted by Crippen LogP contribution is 2.28. The van der Waals surface area contributed by atoms with E-state index in [9.17, 15) is 0 Å². The molecule has 0 aliphatic heterocycles. The van der Waals surface area contributed by atoms with E-state index in [1.165, 1.54) is 16.4 Å². The van der Waals surface area contributed by atoms with Gasteiger partial charge in [0.1, 0.15) is 0 Å². The molecule has 1 aromatic rings. The van der Waals surface area contributed by atoms with Crippen LogP contribution in [0.3, 0.4) is 0 Å². The van der Waals surface area contributed by atoms with E-state index in [-0.39, 0.29) is 5.60 Å². The van der Waals surface area contributed by atoms with E-state index in [2.05, 4.69) is 35.7 Å². The second-order valence-corrected chi connectivity index (χ2v) is 5.57. The molecule has 4 nitrogen and oxygen atoms in total. The zero-order valence-electron chi connectivity index (χ0n) is 11.4. The Morgan fingerprint density at radius 1 is 1.47 bits per heavy atom. The summed E-state index contributed by atoms with van der Waals surface area (Å²) in [6.07, 6.45) is 2.99. The summed E-state index contributed by atoms with van der Waals surface area (Å²) < 4.78 is 9.50. The van der Waals surface area contributed by atoms with Gasteiger partial charge in [0.15, 0.2) is 0 Å². The highest BCUT2D eigenvalue weighted by molar-refractivity contribution is 7.05. The Bertz CT molecular complexity index is 338. The smallest absolute Gasteiger partial charge is 0.0800 e. The molecule has 1 atom stereocenters. The molecule has 5 heteroatoms. The van der Waals surface area contributed by atoms with Gasteiger partial charge in [-0.25, -0.2) is 0 Å². The molecule has 98 valence electrons. The van der Waals surface area contributed by atoms with E-state index >= 15 is 0 Å². The molecular formula is C12H23N3OS. The fourth-order valence-corrected chi connectivity index (χ4v) is 2.61. The standard InChI is InChI=1S/C12H23N3OS/c1-6-9-11(17-15-14-9)10(13-4)7-8-12(2,3)16-5/h10,13H,6-8H2,1-5H3. The highest BCUT2D eigenvalue weighted by Gasteiger charge is 2.22. The molecular weight excluding hydrogens is 234 g/mol. The minimum absolute atomic E-state index is 0.0698. The maximum Gasteiger partial charge on any atom is 0.0800 e. The lowest BCUT2D eigenvalue weighted by atomic mass is 9.97. The molecule has 0 radical (unpaired) electrons. The van der Waals surface area contributed by atoms with Crippen molar-refractivity contribution in [1.82, 2.24) is 14.9 Å². The number of ether oxygens (including phenoxy) is 1. The molecule has 1 heterocycles. The van der Waals surface area contributed by atoms with Gasteiger partial charge in [-0.1, -0.05) is 11.4 Å². The lowest BCUT2D eigenvalue weighted by Gasteiger charge is -2.25. The lowest BCUT2D eigenvalue weighted by Crippen LogP contribution is -2.26. The molecule has 0 aliphatic carbocycles. The normalized spacial score (nSPS) is 13.9. The Kier molecular flexibility index (Phi) is 5.49. The molecule has 0 aromatic carbocycles. The topological polar surface area (TPSA) is 47.0 Å². The van der Waals surface area contributed by atoms with Crippen LogP contribution in [0.25, 0.3) is 0 Å². The molecule has 1 rings (SSSR count). The van der Waals surface area contributed by atoms with E-state index < -0.39 is 0 Å². The van der Waals surface area contributed by atoms with Gasteiger partial charge >= 0.3 is 0 Å². The van der Waals surface area contributed by atoms with Crippen LogP contribution in [0.5, 0.6) is 0 Å². The second-order valence-electron chi connectivity index (χ2n) is 4.78. The van der Waals surface area contributed by atoms with Crippen molar-refractivity contribution in [3.05, 3.63) is 10.6 Å². The van der Waals surface area contributed by atoms with Crippen LogP contribution in [-0.2, 0) is 11.2 Å².